The molecule has 1 aromatic rings. The number of rotatable bonds is 5. The van der Waals surface area contributed by atoms with Gasteiger partial charge >= 0.3 is 0 Å². The van der Waals surface area contributed by atoms with Gasteiger partial charge < -0.3 is 11.1 Å². The van der Waals surface area contributed by atoms with Crippen molar-refractivity contribution >= 4 is 5.91 Å². The summed E-state index contributed by atoms with van der Waals surface area (Å²) >= 11 is 0. The van der Waals surface area contributed by atoms with E-state index in [4.69, 9.17) is 5.73 Å². The Bertz CT molecular complexity index is 395. The van der Waals surface area contributed by atoms with Gasteiger partial charge in [-0.25, -0.2) is 0 Å². The SMILES string of the molecule is CC(NC(=O)C(CN)Cc1ccccc1)C(C)(C)C. The molecule has 1 rings (SSSR count). The van der Waals surface area contributed by atoms with Crippen molar-refractivity contribution in [3.05, 3.63) is 35.9 Å². The first kappa shape index (κ1) is 15.7. The highest BCUT2D eigenvalue weighted by atomic mass is 16.1. The Morgan fingerprint density at radius 1 is 1.26 bits per heavy atom. The van der Waals surface area contributed by atoms with E-state index < -0.39 is 0 Å². The highest BCUT2D eigenvalue weighted by molar-refractivity contribution is 5.79. The molecule has 0 fully saturated rings. The van der Waals surface area contributed by atoms with Crippen molar-refractivity contribution in [1.29, 1.82) is 0 Å². The molecule has 1 amide bonds. The molecular formula is C16H26N2O. The average molecular weight is 262 g/mol. The van der Waals surface area contributed by atoms with Gasteiger partial charge in [-0.15, -0.1) is 0 Å². The van der Waals surface area contributed by atoms with Crippen LogP contribution in [0.15, 0.2) is 30.3 Å². The summed E-state index contributed by atoms with van der Waals surface area (Å²) in [7, 11) is 0. The van der Waals surface area contributed by atoms with E-state index >= 15 is 0 Å². The fourth-order valence-electron chi connectivity index (χ4n) is 1.73. The third kappa shape index (κ3) is 5.03. The lowest BCUT2D eigenvalue weighted by molar-refractivity contribution is -0.126. The van der Waals surface area contributed by atoms with Crippen LogP contribution in [0.4, 0.5) is 0 Å². The van der Waals surface area contributed by atoms with Crippen LogP contribution in [0.25, 0.3) is 0 Å². The number of amides is 1. The zero-order valence-electron chi connectivity index (χ0n) is 12.4. The second kappa shape index (κ2) is 6.71. The van der Waals surface area contributed by atoms with Gasteiger partial charge in [0.2, 0.25) is 5.91 Å². The monoisotopic (exact) mass is 262 g/mol. The maximum Gasteiger partial charge on any atom is 0.224 e. The number of nitrogens with one attached hydrogen (secondary N) is 1. The highest BCUT2D eigenvalue weighted by Crippen LogP contribution is 2.19. The van der Waals surface area contributed by atoms with Gasteiger partial charge in [0.25, 0.3) is 0 Å². The van der Waals surface area contributed by atoms with Crippen molar-refractivity contribution in [1.82, 2.24) is 5.32 Å². The van der Waals surface area contributed by atoms with Gasteiger partial charge in [0.05, 0.1) is 5.92 Å². The minimum Gasteiger partial charge on any atom is -0.353 e. The standard InChI is InChI=1S/C16H26N2O/c1-12(16(2,3)4)18-15(19)14(11-17)10-13-8-6-5-7-9-13/h5-9,12,14H,10-11,17H2,1-4H3,(H,18,19). The van der Waals surface area contributed by atoms with Crippen LogP contribution in [0.5, 0.6) is 0 Å². The molecule has 0 bridgehead atoms. The van der Waals surface area contributed by atoms with Gasteiger partial charge in [-0.3, -0.25) is 4.79 Å². The Labute approximate surface area is 116 Å². The molecule has 3 heteroatoms. The molecule has 0 aliphatic carbocycles. The Morgan fingerprint density at radius 3 is 2.32 bits per heavy atom. The predicted octanol–water partition coefficient (Wildman–Crippen LogP) is 2.35. The van der Waals surface area contributed by atoms with Crippen molar-refractivity contribution in [2.24, 2.45) is 17.1 Å². The van der Waals surface area contributed by atoms with E-state index in [0.29, 0.717) is 13.0 Å². The van der Waals surface area contributed by atoms with Gasteiger partial charge in [-0.05, 0) is 24.3 Å². The molecule has 3 nitrogen and oxygen atoms in total. The minimum absolute atomic E-state index is 0.0498. The number of carbonyl (C=O) groups excluding carboxylic acids is 1. The summed E-state index contributed by atoms with van der Waals surface area (Å²) in [6, 6.07) is 10.1. The van der Waals surface area contributed by atoms with Gasteiger partial charge in [0, 0.05) is 12.6 Å². The van der Waals surface area contributed by atoms with Gasteiger partial charge in [0.15, 0.2) is 0 Å². The van der Waals surface area contributed by atoms with Crippen molar-refractivity contribution in [3.8, 4) is 0 Å². The molecular weight excluding hydrogens is 236 g/mol. The zero-order chi connectivity index (χ0) is 14.5. The molecule has 0 saturated heterocycles. The molecule has 0 aliphatic rings. The minimum atomic E-state index is -0.160. The van der Waals surface area contributed by atoms with Gasteiger partial charge in [-0.1, -0.05) is 51.1 Å². The average Bonchev–Trinajstić information content (AvgIpc) is 2.35. The molecule has 2 atom stereocenters. The van der Waals surface area contributed by atoms with E-state index in [-0.39, 0.29) is 23.3 Å². The van der Waals surface area contributed by atoms with Crippen molar-refractivity contribution < 1.29 is 4.79 Å². The summed E-state index contributed by atoms with van der Waals surface area (Å²) in [5.74, 6) is -0.110. The number of benzene rings is 1. The molecule has 106 valence electrons. The third-order valence-corrected chi connectivity index (χ3v) is 3.64. The lowest BCUT2D eigenvalue weighted by Crippen LogP contribution is -2.46. The number of carbonyl (C=O) groups is 1. The Morgan fingerprint density at radius 2 is 1.84 bits per heavy atom. The molecule has 2 unspecified atom stereocenters. The smallest absolute Gasteiger partial charge is 0.224 e. The van der Waals surface area contributed by atoms with Crippen LogP contribution >= 0.6 is 0 Å². The van der Waals surface area contributed by atoms with E-state index in [0.717, 1.165) is 5.56 Å². The molecule has 0 aliphatic heterocycles. The second-order valence-corrected chi connectivity index (χ2v) is 6.22. The van der Waals surface area contributed by atoms with Crippen LogP contribution in [0, 0.1) is 11.3 Å². The highest BCUT2D eigenvalue weighted by Gasteiger charge is 2.25. The van der Waals surface area contributed by atoms with Crippen LogP contribution in [-0.4, -0.2) is 18.5 Å². The fraction of sp³-hybridized carbons (Fsp3) is 0.562. The topological polar surface area (TPSA) is 55.1 Å². The summed E-state index contributed by atoms with van der Waals surface area (Å²) in [5, 5.41) is 3.07. The van der Waals surface area contributed by atoms with E-state index in [1.165, 1.54) is 0 Å². The predicted molar refractivity (Wildman–Crippen MR) is 79.8 cm³/mol. The molecule has 19 heavy (non-hydrogen) atoms. The van der Waals surface area contributed by atoms with Crippen LogP contribution in [0.3, 0.4) is 0 Å². The fourth-order valence-corrected chi connectivity index (χ4v) is 1.73. The van der Waals surface area contributed by atoms with E-state index in [1.54, 1.807) is 0 Å². The molecule has 0 saturated carbocycles. The Hall–Kier alpha value is -1.35. The van der Waals surface area contributed by atoms with E-state index in [1.807, 2.05) is 37.3 Å². The number of hydrogen-bond donors (Lipinski definition) is 2. The van der Waals surface area contributed by atoms with Gasteiger partial charge in [-0.2, -0.15) is 0 Å². The van der Waals surface area contributed by atoms with E-state index in [9.17, 15) is 4.79 Å². The van der Waals surface area contributed by atoms with Crippen molar-refractivity contribution in [2.75, 3.05) is 6.54 Å². The molecule has 0 spiro atoms. The first-order valence-corrected chi connectivity index (χ1v) is 6.89. The van der Waals surface area contributed by atoms with Gasteiger partial charge in [0.1, 0.15) is 0 Å². The summed E-state index contributed by atoms with van der Waals surface area (Å²) in [6.45, 7) is 8.76. The lowest BCUT2D eigenvalue weighted by atomic mass is 9.87. The number of hydrogen-bond acceptors (Lipinski definition) is 2. The van der Waals surface area contributed by atoms with Crippen LogP contribution in [-0.2, 0) is 11.2 Å². The van der Waals surface area contributed by atoms with Crippen LogP contribution in [0.2, 0.25) is 0 Å². The molecule has 0 aromatic heterocycles. The maximum absolute atomic E-state index is 12.2. The first-order chi connectivity index (χ1) is 8.84. The number of nitrogens with two attached hydrogens (primary N) is 1. The first-order valence-electron chi connectivity index (χ1n) is 6.89. The quantitative estimate of drug-likeness (QED) is 0.856. The van der Waals surface area contributed by atoms with Crippen molar-refractivity contribution in [3.63, 3.8) is 0 Å². The van der Waals surface area contributed by atoms with Crippen LogP contribution in [0.1, 0.15) is 33.3 Å². The van der Waals surface area contributed by atoms with E-state index in [2.05, 4.69) is 26.1 Å². The summed E-state index contributed by atoms with van der Waals surface area (Å²) < 4.78 is 0. The second-order valence-electron chi connectivity index (χ2n) is 6.22. The zero-order valence-corrected chi connectivity index (χ0v) is 12.4. The molecule has 0 radical (unpaired) electrons. The molecule has 1 aromatic carbocycles. The third-order valence-electron chi connectivity index (χ3n) is 3.64. The molecule has 3 N–H and O–H groups in total. The largest absolute Gasteiger partial charge is 0.353 e. The summed E-state index contributed by atoms with van der Waals surface area (Å²) in [5.41, 5.74) is 6.95. The lowest BCUT2D eigenvalue weighted by Gasteiger charge is -2.29. The molecule has 0 heterocycles. The maximum atomic E-state index is 12.2. The normalized spacial score (nSPS) is 14.8. The Balaban J connectivity index is 2.63. The Kier molecular flexibility index (Phi) is 5.55. The summed E-state index contributed by atoms with van der Waals surface area (Å²) in [6.07, 6.45) is 0.694. The summed E-state index contributed by atoms with van der Waals surface area (Å²) in [4.78, 5) is 12.2. The van der Waals surface area contributed by atoms with Crippen molar-refractivity contribution in [2.45, 2.75) is 40.2 Å². The van der Waals surface area contributed by atoms with Crippen LogP contribution < -0.4 is 11.1 Å².